The van der Waals surface area contributed by atoms with Gasteiger partial charge in [0, 0.05) is 18.5 Å². The largest absolute Gasteiger partial charge is 0.374 e. The number of amides is 3. The lowest BCUT2D eigenvalue weighted by Gasteiger charge is -2.23. The van der Waals surface area contributed by atoms with Crippen LogP contribution in [-0.4, -0.2) is 23.8 Å². The molecule has 1 aromatic carbocycles. The molecule has 6 nitrogen and oxygen atoms in total. The fourth-order valence-corrected chi connectivity index (χ4v) is 1.98. The summed E-state index contributed by atoms with van der Waals surface area (Å²) in [5.74, 6) is -1.56. The van der Waals surface area contributed by atoms with Crippen LogP contribution in [0.4, 0.5) is 15.8 Å². The highest BCUT2D eigenvalue weighted by Gasteiger charge is 2.26. The van der Waals surface area contributed by atoms with Crippen LogP contribution in [0.2, 0.25) is 0 Å². The average Bonchev–Trinajstić information content (AvgIpc) is 2.45. The Balaban J connectivity index is 2.10. The SMILES string of the molecule is CCC(=O)Nc1cc(NC2CCC(=O)NC2=O)ccc1F. The van der Waals surface area contributed by atoms with Crippen LogP contribution in [0, 0.1) is 5.82 Å². The monoisotopic (exact) mass is 293 g/mol. The van der Waals surface area contributed by atoms with Crippen LogP contribution >= 0.6 is 0 Å². The molecule has 1 aromatic rings. The molecular weight excluding hydrogens is 277 g/mol. The van der Waals surface area contributed by atoms with Crippen molar-refractivity contribution in [3.8, 4) is 0 Å². The number of rotatable bonds is 4. The standard InChI is InChI=1S/C14H16FN3O3/c1-2-12(19)17-11-7-8(3-4-9(11)15)16-10-5-6-13(20)18-14(10)21/h3-4,7,10,16H,2,5-6H2,1H3,(H,17,19)(H,18,20,21). The van der Waals surface area contributed by atoms with E-state index in [0.29, 0.717) is 12.1 Å². The molecule has 0 aromatic heterocycles. The van der Waals surface area contributed by atoms with Gasteiger partial charge in [-0.15, -0.1) is 0 Å². The number of nitrogens with one attached hydrogen (secondary N) is 3. The fourth-order valence-electron chi connectivity index (χ4n) is 1.98. The van der Waals surface area contributed by atoms with E-state index in [1.165, 1.54) is 18.2 Å². The molecule has 112 valence electrons. The lowest BCUT2D eigenvalue weighted by atomic mass is 10.1. The molecule has 1 atom stereocenters. The first-order valence-corrected chi connectivity index (χ1v) is 6.69. The molecule has 1 heterocycles. The van der Waals surface area contributed by atoms with E-state index in [1.54, 1.807) is 6.92 Å². The summed E-state index contributed by atoms with van der Waals surface area (Å²) in [6.07, 6.45) is 0.868. The maximum atomic E-state index is 13.6. The van der Waals surface area contributed by atoms with E-state index in [2.05, 4.69) is 16.0 Å². The summed E-state index contributed by atoms with van der Waals surface area (Å²) >= 11 is 0. The molecule has 0 spiro atoms. The quantitative estimate of drug-likeness (QED) is 0.732. The molecule has 21 heavy (non-hydrogen) atoms. The third kappa shape index (κ3) is 3.77. The molecule has 1 aliphatic rings. The second-order valence-corrected chi connectivity index (χ2v) is 4.74. The zero-order valence-electron chi connectivity index (χ0n) is 11.5. The van der Waals surface area contributed by atoms with Crippen LogP contribution in [0.5, 0.6) is 0 Å². The van der Waals surface area contributed by atoms with Crippen molar-refractivity contribution in [3.05, 3.63) is 24.0 Å². The number of halogens is 1. The molecule has 0 radical (unpaired) electrons. The summed E-state index contributed by atoms with van der Waals surface area (Å²) in [7, 11) is 0. The van der Waals surface area contributed by atoms with Crippen molar-refractivity contribution in [2.45, 2.75) is 32.2 Å². The molecular formula is C14H16FN3O3. The number of carbonyl (C=O) groups excluding carboxylic acids is 3. The van der Waals surface area contributed by atoms with E-state index in [0.717, 1.165) is 0 Å². The van der Waals surface area contributed by atoms with Crippen molar-refractivity contribution in [2.75, 3.05) is 10.6 Å². The van der Waals surface area contributed by atoms with Crippen LogP contribution in [0.25, 0.3) is 0 Å². The van der Waals surface area contributed by atoms with Crippen molar-refractivity contribution in [2.24, 2.45) is 0 Å². The first-order chi connectivity index (χ1) is 9.99. The third-order valence-electron chi connectivity index (χ3n) is 3.14. The minimum atomic E-state index is -0.553. The van der Waals surface area contributed by atoms with E-state index in [9.17, 15) is 18.8 Å². The van der Waals surface area contributed by atoms with Crippen LogP contribution in [0.15, 0.2) is 18.2 Å². The molecule has 1 aliphatic heterocycles. The predicted molar refractivity (Wildman–Crippen MR) is 75.1 cm³/mol. The molecule has 1 unspecified atom stereocenters. The van der Waals surface area contributed by atoms with Gasteiger partial charge in [0.15, 0.2) is 0 Å². The Morgan fingerprint density at radius 2 is 2.19 bits per heavy atom. The van der Waals surface area contributed by atoms with Crippen LogP contribution in [0.3, 0.4) is 0 Å². The fraction of sp³-hybridized carbons (Fsp3) is 0.357. The second-order valence-electron chi connectivity index (χ2n) is 4.74. The molecule has 3 amide bonds. The minimum absolute atomic E-state index is 0.0548. The molecule has 0 bridgehead atoms. The summed E-state index contributed by atoms with van der Waals surface area (Å²) in [6, 6.07) is 3.55. The van der Waals surface area contributed by atoms with Gasteiger partial charge in [0.2, 0.25) is 17.7 Å². The summed E-state index contributed by atoms with van der Waals surface area (Å²) < 4.78 is 13.6. The highest BCUT2D eigenvalue weighted by Crippen LogP contribution is 2.21. The Labute approximate surface area is 121 Å². The Morgan fingerprint density at radius 3 is 2.86 bits per heavy atom. The highest BCUT2D eigenvalue weighted by molar-refractivity contribution is 6.01. The highest BCUT2D eigenvalue weighted by atomic mass is 19.1. The zero-order chi connectivity index (χ0) is 15.4. The molecule has 3 N–H and O–H groups in total. The van der Waals surface area contributed by atoms with Crippen molar-refractivity contribution in [1.82, 2.24) is 5.32 Å². The molecule has 1 fully saturated rings. The summed E-state index contributed by atoms with van der Waals surface area (Å²) in [4.78, 5) is 34.0. The molecule has 0 saturated carbocycles. The van der Waals surface area contributed by atoms with Crippen molar-refractivity contribution in [3.63, 3.8) is 0 Å². The van der Waals surface area contributed by atoms with E-state index >= 15 is 0 Å². The molecule has 0 aliphatic carbocycles. The van der Waals surface area contributed by atoms with E-state index in [1.807, 2.05) is 0 Å². The van der Waals surface area contributed by atoms with Gasteiger partial charge in [-0.1, -0.05) is 6.92 Å². The first-order valence-electron chi connectivity index (χ1n) is 6.69. The summed E-state index contributed by atoms with van der Waals surface area (Å²) in [5.41, 5.74) is 0.552. The van der Waals surface area contributed by atoms with Crippen LogP contribution in [-0.2, 0) is 14.4 Å². The van der Waals surface area contributed by atoms with Gasteiger partial charge in [0.25, 0.3) is 0 Å². The van der Waals surface area contributed by atoms with Crippen molar-refractivity contribution < 1.29 is 18.8 Å². The van der Waals surface area contributed by atoms with Gasteiger partial charge >= 0.3 is 0 Å². The maximum Gasteiger partial charge on any atom is 0.249 e. The Hall–Kier alpha value is -2.44. The maximum absolute atomic E-state index is 13.6. The number of hydrogen-bond acceptors (Lipinski definition) is 4. The summed E-state index contributed by atoms with van der Waals surface area (Å²) in [5, 5.41) is 7.61. The lowest BCUT2D eigenvalue weighted by molar-refractivity contribution is -0.133. The Morgan fingerprint density at radius 1 is 1.43 bits per heavy atom. The number of piperidine rings is 1. The molecule has 1 saturated heterocycles. The lowest BCUT2D eigenvalue weighted by Crippen LogP contribution is -2.47. The Kier molecular flexibility index (Phi) is 4.52. The van der Waals surface area contributed by atoms with E-state index < -0.39 is 17.8 Å². The molecule has 2 rings (SSSR count). The summed E-state index contributed by atoms with van der Waals surface area (Å²) in [6.45, 7) is 1.67. The predicted octanol–water partition coefficient (Wildman–Crippen LogP) is 1.39. The first kappa shape index (κ1) is 15.0. The number of benzene rings is 1. The number of imide groups is 1. The van der Waals surface area contributed by atoms with Gasteiger partial charge in [0.1, 0.15) is 11.9 Å². The number of anilines is 2. The number of hydrogen-bond donors (Lipinski definition) is 3. The molecule has 7 heteroatoms. The minimum Gasteiger partial charge on any atom is -0.374 e. The van der Waals surface area contributed by atoms with Crippen molar-refractivity contribution >= 4 is 29.1 Å². The van der Waals surface area contributed by atoms with Crippen molar-refractivity contribution in [1.29, 1.82) is 0 Å². The van der Waals surface area contributed by atoms with E-state index in [4.69, 9.17) is 0 Å². The second kappa shape index (κ2) is 6.34. The van der Waals surface area contributed by atoms with Crippen LogP contribution < -0.4 is 16.0 Å². The van der Waals surface area contributed by atoms with Gasteiger partial charge in [-0.3, -0.25) is 19.7 Å². The smallest absolute Gasteiger partial charge is 0.249 e. The Bertz CT molecular complexity index is 589. The average molecular weight is 293 g/mol. The van der Waals surface area contributed by atoms with Gasteiger partial charge in [-0.25, -0.2) is 4.39 Å². The number of carbonyl (C=O) groups is 3. The van der Waals surface area contributed by atoms with Gasteiger partial charge < -0.3 is 10.6 Å². The zero-order valence-corrected chi connectivity index (χ0v) is 11.5. The third-order valence-corrected chi connectivity index (χ3v) is 3.14. The van der Waals surface area contributed by atoms with Crippen LogP contribution in [0.1, 0.15) is 26.2 Å². The van der Waals surface area contributed by atoms with Gasteiger partial charge in [-0.2, -0.15) is 0 Å². The van der Waals surface area contributed by atoms with Gasteiger partial charge in [-0.05, 0) is 24.6 Å². The topological polar surface area (TPSA) is 87.3 Å². The van der Waals surface area contributed by atoms with Gasteiger partial charge in [0.05, 0.1) is 5.69 Å². The normalized spacial score (nSPS) is 18.1. The van der Waals surface area contributed by atoms with E-state index in [-0.39, 0.29) is 30.3 Å².